The van der Waals surface area contributed by atoms with Crippen LogP contribution in [0.4, 0.5) is 0 Å². The highest BCUT2D eigenvalue weighted by atomic mass is 16.5. The number of aromatic nitrogens is 1. The molecule has 1 N–H and O–H groups in total. The molecule has 1 amide bonds. The molecule has 2 aromatic heterocycles. The Labute approximate surface area is 161 Å². The minimum absolute atomic E-state index is 0.00361. The third kappa shape index (κ3) is 4.56. The van der Waals surface area contributed by atoms with Gasteiger partial charge in [0.25, 0.3) is 11.5 Å². The zero-order chi connectivity index (χ0) is 19.9. The van der Waals surface area contributed by atoms with Crippen LogP contribution in [-0.2, 0) is 16.1 Å². The SMILES string of the molecule is COC(=O)CCN(Cc1ccccc1)C(=O)c1ccc(-c2ccco2)[nH]c1=O. The Hall–Kier alpha value is -3.61. The molecule has 0 spiro atoms. The second-order valence-corrected chi connectivity index (χ2v) is 6.13. The smallest absolute Gasteiger partial charge is 0.307 e. The quantitative estimate of drug-likeness (QED) is 0.636. The Balaban J connectivity index is 1.85. The summed E-state index contributed by atoms with van der Waals surface area (Å²) in [6.07, 6.45) is 1.54. The first-order chi connectivity index (χ1) is 13.6. The summed E-state index contributed by atoms with van der Waals surface area (Å²) in [6.45, 7) is 0.413. The number of nitrogens with zero attached hydrogens (tertiary/aromatic N) is 1. The molecule has 0 radical (unpaired) electrons. The van der Waals surface area contributed by atoms with Crippen molar-refractivity contribution in [1.82, 2.24) is 9.88 Å². The molecule has 0 aliphatic heterocycles. The third-order valence-corrected chi connectivity index (χ3v) is 4.24. The average Bonchev–Trinajstić information content (AvgIpc) is 3.26. The van der Waals surface area contributed by atoms with Gasteiger partial charge in [-0.1, -0.05) is 30.3 Å². The van der Waals surface area contributed by atoms with Crippen molar-refractivity contribution in [2.45, 2.75) is 13.0 Å². The van der Waals surface area contributed by atoms with Gasteiger partial charge in [0.1, 0.15) is 11.3 Å². The first kappa shape index (κ1) is 19.2. The fourth-order valence-electron chi connectivity index (χ4n) is 2.77. The molecule has 2 heterocycles. The van der Waals surface area contributed by atoms with Crippen LogP contribution in [0.15, 0.2) is 70.1 Å². The topological polar surface area (TPSA) is 92.6 Å². The van der Waals surface area contributed by atoms with E-state index in [-0.39, 0.29) is 25.1 Å². The van der Waals surface area contributed by atoms with E-state index in [4.69, 9.17) is 4.42 Å². The number of hydrogen-bond acceptors (Lipinski definition) is 5. The predicted molar refractivity (Wildman–Crippen MR) is 103 cm³/mol. The molecule has 28 heavy (non-hydrogen) atoms. The number of carbonyl (C=O) groups is 2. The maximum Gasteiger partial charge on any atom is 0.307 e. The number of benzene rings is 1. The summed E-state index contributed by atoms with van der Waals surface area (Å²) in [5, 5.41) is 0. The number of methoxy groups -OCH3 is 1. The third-order valence-electron chi connectivity index (χ3n) is 4.24. The van der Waals surface area contributed by atoms with Crippen LogP contribution >= 0.6 is 0 Å². The van der Waals surface area contributed by atoms with E-state index in [0.717, 1.165) is 5.56 Å². The normalized spacial score (nSPS) is 10.5. The van der Waals surface area contributed by atoms with Gasteiger partial charge in [0.05, 0.1) is 25.5 Å². The number of carbonyl (C=O) groups excluding carboxylic acids is 2. The van der Waals surface area contributed by atoms with Gasteiger partial charge in [0, 0.05) is 13.1 Å². The lowest BCUT2D eigenvalue weighted by atomic mass is 10.1. The van der Waals surface area contributed by atoms with Crippen molar-refractivity contribution in [3.63, 3.8) is 0 Å². The monoisotopic (exact) mass is 380 g/mol. The lowest BCUT2D eigenvalue weighted by Crippen LogP contribution is -2.36. The molecule has 0 fully saturated rings. The van der Waals surface area contributed by atoms with Gasteiger partial charge >= 0.3 is 5.97 Å². The molecular weight excluding hydrogens is 360 g/mol. The number of rotatable bonds is 7. The molecule has 0 atom stereocenters. The van der Waals surface area contributed by atoms with Gasteiger partial charge in [-0.05, 0) is 29.8 Å². The first-order valence-corrected chi connectivity index (χ1v) is 8.75. The molecule has 7 nitrogen and oxygen atoms in total. The van der Waals surface area contributed by atoms with Crippen molar-refractivity contribution >= 4 is 11.9 Å². The Morgan fingerprint density at radius 2 is 1.86 bits per heavy atom. The van der Waals surface area contributed by atoms with Crippen LogP contribution < -0.4 is 5.56 Å². The number of ether oxygens (including phenoxy) is 1. The Morgan fingerprint density at radius 3 is 2.50 bits per heavy atom. The van der Waals surface area contributed by atoms with E-state index in [9.17, 15) is 14.4 Å². The number of esters is 1. The second kappa shape index (κ2) is 8.85. The summed E-state index contributed by atoms with van der Waals surface area (Å²) in [7, 11) is 1.30. The van der Waals surface area contributed by atoms with Crippen molar-refractivity contribution in [2.24, 2.45) is 0 Å². The summed E-state index contributed by atoms with van der Waals surface area (Å²) in [5.41, 5.74) is 0.853. The van der Waals surface area contributed by atoms with Crippen molar-refractivity contribution in [2.75, 3.05) is 13.7 Å². The summed E-state index contributed by atoms with van der Waals surface area (Å²) in [5.74, 6) is -0.379. The molecule has 0 bridgehead atoms. The van der Waals surface area contributed by atoms with Gasteiger partial charge in [0.15, 0.2) is 0 Å². The van der Waals surface area contributed by atoms with Crippen LogP contribution in [-0.4, -0.2) is 35.4 Å². The molecule has 0 saturated carbocycles. The Kier molecular flexibility index (Phi) is 6.06. The number of furan rings is 1. The molecule has 0 aliphatic rings. The molecule has 3 rings (SSSR count). The van der Waals surface area contributed by atoms with Crippen molar-refractivity contribution in [3.05, 3.63) is 82.3 Å². The summed E-state index contributed by atoms with van der Waals surface area (Å²) in [6, 6.07) is 15.9. The van der Waals surface area contributed by atoms with E-state index in [1.807, 2.05) is 30.3 Å². The van der Waals surface area contributed by atoms with Gasteiger partial charge in [0.2, 0.25) is 0 Å². The molecule has 0 saturated heterocycles. The number of H-pyrrole nitrogens is 1. The highest BCUT2D eigenvalue weighted by Crippen LogP contribution is 2.16. The lowest BCUT2D eigenvalue weighted by molar-refractivity contribution is -0.140. The van der Waals surface area contributed by atoms with E-state index in [2.05, 4.69) is 9.72 Å². The highest BCUT2D eigenvalue weighted by molar-refractivity contribution is 5.94. The number of hydrogen-bond donors (Lipinski definition) is 1. The second-order valence-electron chi connectivity index (χ2n) is 6.13. The number of nitrogens with one attached hydrogen (secondary N) is 1. The predicted octanol–water partition coefficient (Wildman–Crippen LogP) is 2.84. The molecule has 3 aromatic rings. The van der Waals surface area contributed by atoms with Crippen LogP contribution in [0.3, 0.4) is 0 Å². The number of aromatic amines is 1. The van der Waals surface area contributed by atoms with E-state index in [0.29, 0.717) is 11.5 Å². The fraction of sp³-hybridized carbons (Fsp3) is 0.190. The molecule has 0 aliphatic carbocycles. The van der Waals surface area contributed by atoms with Gasteiger partial charge in [-0.3, -0.25) is 14.4 Å². The maximum absolute atomic E-state index is 13.0. The summed E-state index contributed by atoms with van der Waals surface area (Å²) >= 11 is 0. The van der Waals surface area contributed by atoms with Gasteiger partial charge in [-0.15, -0.1) is 0 Å². The van der Waals surface area contributed by atoms with Crippen molar-refractivity contribution in [1.29, 1.82) is 0 Å². The van der Waals surface area contributed by atoms with E-state index >= 15 is 0 Å². The zero-order valence-electron chi connectivity index (χ0n) is 15.4. The zero-order valence-corrected chi connectivity index (χ0v) is 15.4. The molecule has 0 unspecified atom stereocenters. The van der Waals surface area contributed by atoms with Gasteiger partial charge < -0.3 is 19.0 Å². The lowest BCUT2D eigenvalue weighted by Gasteiger charge is -2.22. The largest absolute Gasteiger partial charge is 0.469 e. The standard InChI is InChI=1S/C21H20N2O5/c1-27-19(24)11-12-23(14-15-6-3-2-4-7-15)21(26)16-9-10-17(22-20(16)25)18-8-5-13-28-18/h2-10,13H,11-12,14H2,1H3,(H,22,25). The number of pyridine rings is 1. The minimum Gasteiger partial charge on any atom is -0.469 e. The van der Waals surface area contributed by atoms with Crippen molar-refractivity contribution < 1.29 is 18.7 Å². The average molecular weight is 380 g/mol. The fourth-order valence-corrected chi connectivity index (χ4v) is 2.77. The molecular formula is C21H20N2O5. The first-order valence-electron chi connectivity index (χ1n) is 8.75. The maximum atomic E-state index is 13.0. The Morgan fingerprint density at radius 1 is 1.07 bits per heavy atom. The van der Waals surface area contributed by atoms with Crippen LogP contribution in [0.5, 0.6) is 0 Å². The Bertz CT molecular complexity index is 993. The summed E-state index contributed by atoms with van der Waals surface area (Å²) < 4.78 is 9.92. The van der Waals surface area contributed by atoms with E-state index in [1.54, 1.807) is 18.2 Å². The van der Waals surface area contributed by atoms with Crippen LogP contribution in [0.25, 0.3) is 11.5 Å². The number of amides is 1. The highest BCUT2D eigenvalue weighted by Gasteiger charge is 2.21. The summed E-state index contributed by atoms with van der Waals surface area (Å²) in [4.78, 5) is 41.2. The van der Waals surface area contributed by atoms with Crippen LogP contribution in [0, 0.1) is 0 Å². The van der Waals surface area contributed by atoms with Crippen LogP contribution in [0.2, 0.25) is 0 Å². The van der Waals surface area contributed by atoms with Gasteiger partial charge in [-0.25, -0.2) is 0 Å². The molecule has 1 aromatic carbocycles. The van der Waals surface area contributed by atoms with Gasteiger partial charge in [-0.2, -0.15) is 0 Å². The van der Waals surface area contributed by atoms with E-state index < -0.39 is 17.4 Å². The van der Waals surface area contributed by atoms with Crippen LogP contribution in [0.1, 0.15) is 22.3 Å². The van der Waals surface area contributed by atoms with Crippen molar-refractivity contribution in [3.8, 4) is 11.5 Å². The van der Waals surface area contributed by atoms with E-state index in [1.165, 1.54) is 24.3 Å². The molecule has 7 heteroatoms. The minimum atomic E-state index is -0.518. The molecule has 144 valence electrons.